The number of aryl methyl sites for hydroxylation is 1. The summed E-state index contributed by atoms with van der Waals surface area (Å²) in [4.78, 5) is 36.9. The van der Waals surface area contributed by atoms with Crippen molar-refractivity contribution in [1.82, 2.24) is 10.9 Å². The van der Waals surface area contributed by atoms with Gasteiger partial charge < -0.3 is 10.1 Å². The van der Waals surface area contributed by atoms with Gasteiger partial charge in [-0.2, -0.15) is 0 Å². The maximum Gasteiger partial charge on any atom is 0.279 e. The summed E-state index contributed by atoms with van der Waals surface area (Å²) in [6.45, 7) is 3.42. The number of ether oxygens (including phenoxy) is 1. The van der Waals surface area contributed by atoms with Crippen LogP contribution in [0.4, 0.5) is 5.69 Å². The predicted octanol–water partition coefficient (Wildman–Crippen LogP) is 4.78. The molecular weight excluding hydrogens is 465 g/mol. The van der Waals surface area contributed by atoms with Crippen molar-refractivity contribution in [3.63, 3.8) is 0 Å². The molecule has 3 N–H and O–H groups in total. The molecule has 0 saturated carbocycles. The van der Waals surface area contributed by atoms with E-state index in [1.165, 1.54) is 25.1 Å². The van der Waals surface area contributed by atoms with Crippen LogP contribution in [0.2, 0.25) is 10.0 Å². The van der Waals surface area contributed by atoms with Crippen molar-refractivity contribution in [3.05, 3.63) is 93.5 Å². The first-order chi connectivity index (χ1) is 15.7. The van der Waals surface area contributed by atoms with Gasteiger partial charge in [-0.05, 0) is 68.4 Å². The average molecular weight is 486 g/mol. The Kier molecular flexibility index (Phi) is 7.92. The van der Waals surface area contributed by atoms with Crippen LogP contribution in [0.3, 0.4) is 0 Å². The lowest BCUT2D eigenvalue weighted by Crippen LogP contribution is -2.47. The van der Waals surface area contributed by atoms with Crippen molar-refractivity contribution in [3.8, 4) is 5.75 Å². The minimum absolute atomic E-state index is 0.252. The van der Waals surface area contributed by atoms with Gasteiger partial charge in [0.25, 0.3) is 17.7 Å². The Hall–Kier alpha value is -3.55. The molecule has 0 aliphatic carbocycles. The van der Waals surface area contributed by atoms with Crippen LogP contribution >= 0.6 is 23.2 Å². The minimum atomic E-state index is -0.928. The smallest absolute Gasteiger partial charge is 0.279 e. The number of nitrogens with one attached hydrogen (secondary N) is 3. The molecule has 3 aromatic carbocycles. The fourth-order valence-corrected chi connectivity index (χ4v) is 3.25. The van der Waals surface area contributed by atoms with Crippen LogP contribution in [-0.4, -0.2) is 23.8 Å². The van der Waals surface area contributed by atoms with E-state index in [-0.39, 0.29) is 16.5 Å². The molecule has 7 nitrogen and oxygen atoms in total. The summed E-state index contributed by atoms with van der Waals surface area (Å²) in [7, 11) is 0. The molecule has 1 atom stereocenters. The molecule has 1 unspecified atom stereocenters. The van der Waals surface area contributed by atoms with E-state index in [1.54, 1.807) is 36.4 Å². The number of amides is 3. The number of hydrogen-bond acceptors (Lipinski definition) is 4. The van der Waals surface area contributed by atoms with E-state index in [0.717, 1.165) is 5.56 Å². The Balaban J connectivity index is 1.51. The van der Waals surface area contributed by atoms with E-state index >= 15 is 0 Å². The summed E-state index contributed by atoms with van der Waals surface area (Å²) in [5, 5.41) is 3.48. The Morgan fingerprint density at radius 1 is 0.848 bits per heavy atom. The van der Waals surface area contributed by atoms with E-state index in [1.807, 2.05) is 19.1 Å². The molecule has 170 valence electrons. The summed E-state index contributed by atoms with van der Waals surface area (Å²) in [5.41, 5.74) is 6.96. The largest absolute Gasteiger partial charge is 0.479 e. The van der Waals surface area contributed by atoms with Crippen LogP contribution in [0.1, 0.15) is 33.2 Å². The van der Waals surface area contributed by atoms with Crippen molar-refractivity contribution in [2.45, 2.75) is 20.0 Å². The highest BCUT2D eigenvalue weighted by Crippen LogP contribution is 2.28. The van der Waals surface area contributed by atoms with E-state index in [4.69, 9.17) is 27.9 Å². The van der Waals surface area contributed by atoms with Crippen LogP contribution in [0.5, 0.6) is 5.75 Å². The predicted molar refractivity (Wildman–Crippen MR) is 128 cm³/mol. The molecule has 0 radical (unpaired) electrons. The van der Waals surface area contributed by atoms with E-state index in [0.29, 0.717) is 22.0 Å². The number of carbonyl (C=O) groups excluding carboxylic acids is 3. The number of hydrogen-bond donors (Lipinski definition) is 3. The van der Waals surface area contributed by atoms with Gasteiger partial charge >= 0.3 is 0 Å². The van der Waals surface area contributed by atoms with E-state index in [2.05, 4.69) is 16.2 Å². The number of benzene rings is 3. The summed E-state index contributed by atoms with van der Waals surface area (Å²) in [6, 6.07) is 18.1. The number of rotatable bonds is 6. The number of hydrazine groups is 1. The van der Waals surface area contributed by atoms with Crippen molar-refractivity contribution in [2.75, 3.05) is 5.32 Å². The second-order valence-corrected chi connectivity index (χ2v) is 8.02. The topological polar surface area (TPSA) is 96.5 Å². The van der Waals surface area contributed by atoms with Gasteiger partial charge in [-0.25, -0.2) is 0 Å². The van der Waals surface area contributed by atoms with E-state index in [9.17, 15) is 14.4 Å². The molecule has 0 aromatic heterocycles. The summed E-state index contributed by atoms with van der Waals surface area (Å²) >= 11 is 11.9. The standard InChI is InChI=1S/C24H21Cl2N3O4/c1-14-4-3-5-17(12-14)23(31)27-19-9-6-16(7-10-19)24(32)29-28-22(30)15(2)33-21-11-8-18(25)13-20(21)26/h3-13,15H,1-2H3,(H,27,31)(H,28,30)(H,29,32). The molecule has 3 rings (SSSR count). The highest BCUT2D eigenvalue weighted by Gasteiger charge is 2.17. The molecule has 9 heteroatoms. The normalized spacial score (nSPS) is 11.3. The molecule has 0 heterocycles. The second kappa shape index (κ2) is 10.8. The quantitative estimate of drug-likeness (QED) is 0.437. The van der Waals surface area contributed by atoms with Gasteiger partial charge in [-0.15, -0.1) is 0 Å². The molecule has 0 aliphatic rings. The van der Waals surface area contributed by atoms with Crippen molar-refractivity contribution in [1.29, 1.82) is 0 Å². The highest BCUT2D eigenvalue weighted by molar-refractivity contribution is 6.35. The number of anilines is 1. The first-order valence-electron chi connectivity index (χ1n) is 9.93. The molecule has 0 saturated heterocycles. The lowest BCUT2D eigenvalue weighted by atomic mass is 10.1. The maximum atomic E-state index is 12.3. The fourth-order valence-electron chi connectivity index (χ4n) is 2.80. The van der Waals surface area contributed by atoms with Gasteiger partial charge in [0.15, 0.2) is 6.10 Å². The molecule has 0 fully saturated rings. The number of halogens is 2. The molecular formula is C24H21Cl2N3O4. The molecule has 33 heavy (non-hydrogen) atoms. The zero-order chi connectivity index (χ0) is 24.0. The van der Waals surface area contributed by atoms with Gasteiger partial charge in [0.05, 0.1) is 5.02 Å². The van der Waals surface area contributed by atoms with Crippen LogP contribution in [0, 0.1) is 6.92 Å². The molecule has 3 amide bonds. The van der Waals surface area contributed by atoms with Gasteiger partial charge in [0.1, 0.15) is 5.75 Å². The highest BCUT2D eigenvalue weighted by atomic mass is 35.5. The molecule has 0 aliphatic heterocycles. The van der Waals surface area contributed by atoms with Crippen LogP contribution < -0.4 is 20.9 Å². The maximum absolute atomic E-state index is 12.3. The Labute approximate surface area is 201 Å². The molecule has 3 aromatic rings. The van der Waals surface area contributed by atoms with E-state index < -0.39 is 17.9 Å². The Morgan fingerprint density at radius 2 is 1.58 bits per heavy atom. The Morgan fingerprint density at radius 3 is 2.24 bits per heavy atom. The third-order valence-electron chi connectivity index (χ3n) is 4.55. The summed E-state index contributed by atoms with van der Waals surface area (Å²) in [6.07, 6.45) is -0.928. The van der Waals surface area contributed by atoms with Crippen LogP contribution in [0.25, 0.3) is 0 Å². The summed E-state index contributed by atoms with van der Waals surface area (Å²) in [5.74, 6) is -1.07. The van der Waals surface area contributed by atoms with Crippen molar-refractivity contribution < 1.29 is 19.1 Å². The second-order valence-electron chi connectivity index (χ2n) is 7.18. The zero-order valence-corrected chi connectivity index (χ0v) is 19.3. The lowest BCUT2D eigenvalue weighted by Gasteiger charge is -2.16. The molecule has 0 spiro atoms. The van der Waals surface area contributed by atoms with Gasteiger partial charge in [-0.1, -0.05) is 40.9 Å². The van der Waals surface area contributed by atoms with Gasteiger partial charge in [-0.3, -0.25) is 25.2 Å². The van der Waals surface area contributed by atoms with Gasteiger partial charge in [0.2, 0.25) is 0 Å². The molecule has 0 bridgehead atoms. The first kappa shape index (κ1) is 24.1. The van der Waals surface area contributed by atoms with Crippen LogP contribution in [-0.2, 0) is 4.79 Å². The SMILES string of the molecule is Cc1cccc(C(=O)Nc2ccc(C(=O)NNC(=O)C(C)Oc3ccc(Cl)cc3Cl)cc2)c1. The van der Waals surface area contributed by atoms with Crippen LogP contribution in [0.15, 0.2) is 66.7 Å². The average Bonchev–Trinajstić information content (AvgIpc) is 2.79. The monoisotopic (exact) mass is 485 g/mol. The third-order valence-corrected chi connectivity index (χ3v) is 5.08. The van der Waals surface area contributed by atoms with Crippen molar-refractivity contribution >= 4 is 46.6 Å². The zero-order valence-electron chi connectivity index (χ0n) is 17.8. The Bertz CT molecular complexity index is 1180. The van der Waals surface area contributed by atoms with Gasteiger partial charge in [0, 0.05) is 21.8 Å². The third kappa shape index (κ3) is 6.71. The van der Waals surface area contributed by atoms with Crippen molar-refractivity contribution in [2.24, 2.45) is 0 Å². The summed E-state index contributed by atoms with van der Waals surface area (Å²) < 4.78 is 5.50. The fraction of sp³-hybridized carbons (Fsp3) is 0.125. The number of carbonyl (C=O) groups is 3. The first-order valence-corrected chi connectivity index (χ1v) is 10.7. The lowest BCUT2D eigenvalue weighted by molar-refractivity contribution is -0.128. The minimum Gasteiger partial charge on any atom is -0.479 e.